The number of fused-ring (bicyclic) bond motifs is 1. The van der Waals surface area contributed by atoms with Gasteiger partial charge < -0.3 is 11.1 Å². The highest BCUT2D eigenvalue weighted by molar-refractivity contribution is 7.99. The van der Waals surface area contributed by atoms with Gasteiger partial charge in [0.2, 0.25) is 5.91 Å². The van der Waals surface area contributed by atoms with Crippen LogP contribution in [0.2, 0.25) is 0 Å². The smallest absolute Gasteiger partial charge is 0.228 e. The van der Waals surface area contributed by atoms with Crippen molar-refractivity contribution in [2.45, 2.75) is 30.2 Å². The highest BCUT2D eigenvalue weighted by atomic mass is 35.5. The normalized spacial score (nSPS) is 17.8. The Bertz CT molecular complexity index is 437. The summed E-state index contributed by atoms with van der Waals surface area (Å²) in [6.07, 6.45) is 0. The number of amides is 1. The van der Waals surface area contributed by atoms with Crippen LogP contribution < -0.4 is 11.1 Å². The van der Waals surface area contributed by atoms with Gasteiger partial charge in [-0.15, -0.1) is 24.2 Å². The first-order valence-electron chi connectivity index (χ1n) is 5.77. The molecule has 1 heterocycles. The maximum absolute atomic E-state index is 12.2. The molecule has 1 aromatic carbocycles. The summed E-state index contributed by atoms with van der Waals surface area (Å²) < 4.78 is 0. The summed E-state index contributed by atoms with van der Waals surface area (Å²) in [7, 11) is 0. The summed E-state index contributed by atoms with van der Waals surface area (Å²) in [4.78, 5) is 13.4. The maximum atomic E-state index is 12.2. The predicted molar refractivity (Wildman–Crippen MR) is 78.4 cm³/mol. The van der Waals surface area contributed by atoms with E-state index in [0.717, 1.165) is 11.3 Å². The summed E-state index contributed by atoms with van der Waals surface area (Å²) in [5.41, 5.74) is 6.44. The van der Waals surface area contributed by atoms with E-state index < -0.39 is 0 Å². The lowest BCUT2D eigenvalue weighted by Gasteiger charge is -2.26. The van der Waals surface area contributed by atoms with Crippen LogP contribution in [0.15, 0.2) is 29.2 Å². The second-order valence-electron chi connectivity index (χ2n) is 4.98. The topological polar surface area (TPSA) is 55.1 Å². The van der Waals surface area contributed by atoms with E-state index in [4.69, 9.17) is 5.73 Å². The van der Waals surface area contributed by atoms with Crippen molar-refractivity contribution in [3.05, 3.63) is 29.8 Å². The molecule has 0 spiro atoms. The van der Waals surface area contributed by atoms with Crippen LogP contribution in [0.1, 0.15) is 25.3 Å². The number of thioether (sulfide) groups is 1. The van der Waals surface area contributed by atoms with Crippen LogP contribution in [0, 0.1) is 0 Å². The molecule has 1 atom stereocenters. The van der Waals surface area contributed by atoms with E-state index in [-0.39, 0.29) is 29.8 Å². The molecule has 0 radical (unpaired) electrons. The van der Waals surface area contributed by atoms with Gasteiger partial charge >= 0.3 is 0 Å². The fourth-order valence-corrected chi connectivity index (χ4v) is 3.08. The summed E-state index contributed by atoms with van der Waals surface area (Å²) in [6.45, 7) is 4.33. The van der Waals surface area contributed by atoms with Gasteiger partial charge in [-0.25, -0.2) is 0 Å². The Balaban J connectivity index is 0.00000162. The van der Waals surface area contributed by atoms with Crippen molar-refractivity contribution < 1.29 is 4.79 Å². The SMILES string of the molecule is CC(C)(CN)NC(=O)C1CSc2ccccc21.Cl. The Labute approximate surface area is 118 Å². The fraction of sp³-hybridized carbons (Fsp3) is 0.462. The molecule has 5 heteroatoms. The molecule has 0 saturated carbocycles. The van der Waals surface area contributed by atoms with Gasteiger partial charge in [0, 0.05) is 22.7 Å². The molecule has 2 rings (SSSR count). The number of carbonyl (C=O) groups excluding carboxylic acids is 1. The van der Waals surface area contributed by atoms with Crippen LogP contribution in [0.4, 0.5) is 0 Å². The number of hydrogen-bond acceptors (Lipinski definition) is 3. The molecule has 0 aromatic heterocycles. The highest BCUT2D eigenvalue weighted by Crippen LogP contribution is 2.39. The summed E-state index contributed by atoms with van der Waals surface area (Å²) in [5.74, 6) is 0.867. The Kier molecular flexibility index (Phi) is 5.08. The van der Waals surface area contributed by atoms with Crippen molar-refractivity contribution >= 4 is 30.1 Å². The summed E-state index contributed by atoms with van der Waals surface area (Å²) in [6, 6.07) is 8.10. The molecule has 0 aliphatic carbocycles. The van der Waals surface area contributed by atoms with Crippen LogP contribution in [-0.4, -0.2) is 23.7 Å². The first-order chi connectivity index (χ1) is 8.03. The summed E-state index contributed by atoms with van der Waals surface area (Å²) >= 11 is 1.75. The first-order valence-corrected chi connectivity index (χ1v) is 6.76. The van der Waals surface area contributed by atoms with Gasteiger partial charge in [0.05, 0.1) is 5.92 Å². The quantitative estimate of drug-likeness (QED) is 0.895. The fourth-order valence-electron chi connectivity index (χ4n) is 1.85. The van der Waals surface area contributed by atoms with Crippen molar-refractivity contribution in [2.24, 2.45) is 5.73 Å². The van der Waals surface area contributed by atoms with Crippen molar-refractivity contribution in [1.82, 2.24) is 5.32 Å². The third-order valence-electron chi connectivity index (χ3n) is 2.99. The van der Waals surface area contributed by atoms with E-state index in [2.05, 4.69) is 11.4 Å². The van der Waals surface area contributed by atoms with Crippen LogP contribution in [-0.2, 0) is 4.79 Å². The Hall–Kier alpha value is -0.710. The minimum atomic E-state index is -0.334. The van der Waals surface area contributed by atoms with Gasteiger partial charge in [-0.1, -0.05) is 18.2 Å². The molecule has 3 nitrogen and oxygen atoms in total. The maximum Gasteiger partial charge on any atom is 0.228 e. The molecule has 0 bridgehead atoms. The molecule has 0 saturated heterocycles. The monoisotopic (exact) mass is 286 g/mol. The van der Waals surface area contributed by atoms with E-state index in [1.165, 1.54) is 4.90 Å². The van der Waals surface area contributed by atoms with Crippen LogP contribution in [0.3, 0.4) is 0 Å². The molecule has 3 N–H and O–H groups in total. The van der Waals surface area contributed by atoms with Gasteiger partial charge in [-0.2, -0.15) is 0 Å². The molecule has 18 heavy (non-hydrogen) atoms. The van der Waals surface area contributed by atoms with Gasteiger partial charge in [0.15, 0.2) is 0 Å². The number of nitrogens with two attached hydrogens (primary N) is 1. The van der Waals surface area contributed by atoms with E-state index in [0.29, 0.717) is 6.54 Å². The van der Waals surface area contributed by atoms with Crippen molar-refractivity contribution in [1.29, 1.82) is 0 Å². The van der Waals surface area contributed by atoms with Crippen molar-refractivity contribution in [3.63, 3.8) is 0 Å². The molecular weight excluding hydrogens is 268 g/mol. The molecule has 1 aliphatic heterocycles. The number of benzene rings is 1. The molecular formula is C13H19ClN2OS. The van der Waals surface area contributed by atoms with E-state index in [1.807, 2.05) is 32.0 Å². The lowest BCUT2D eigenvalue weighted by Crippen LogP contribution is -2.50. The zero-order valence-corrected chi connectivity index (χ0v) is 12.2. The van der Waals surface area contributed by atoms with Crippen LogP contribution >= 0.6 is 24.2 Å². The average Bonchev–Trinajstić information content (AvgIpc) is 2.72. The van der Waals surface area contributed by atoms with Gasteiger partial charge in [0.1, 0.15) is 0 Å². The van der Waals surface area contributed by atoms with Gasteiger partial charge in [-0.05, 0) is 25.5 Å². The minimum Gasteiger partial charge on any atom is -0.349 e. The number of carbonyl (C=O) groups is 1. The van der Waals surface area contributed by atoms with E-state index in [9.17, 15) is 4.79 Å². The van der Waals surface area contributed by atoms with Crippen molar-refractivity contribution in [3.8, 4) is 0 Å². The highest BCUT2D eigenvalue weighted by Gasteiger charge is 2.31. The molecule has 1 unspecified atom stereocenters. The third-order valence-corrected chi connectivity index (χ3v) is 4.17. The van der Waals surface area contributed by atoms with E-state index in [1.54, 1.807) is 11.8 Å². The Morgan fingerprint density at radius 3 is 2.83 bits per heavy atom. The van der Waals surface area contributed by atoms with Crippen LogP contribution in [0.25, 0.3) is 0 Å². The largest absolute Gasteiger partial charge is 0.349 e. The molecule has 100 valence electrons. The minimum absolute atomic E-state index is 0. The van der Waals surface area contributed by atoms with Crippen molar-refractivity contribution in [2.75, 3.05) is 12.3 Å². The van der Waals surface area contributed by atoms with E-state index >= 15 is 0 Å². The average molecular weight is 287 g/mol. The molecule has 1 aliphatic rings. The number of rotatable bonds is 3. The predicted octanol–water partition coefficient (Wildman–Crippen LogP) is 2.15. The summed E-state index contributed by atoms with van der Waals surface area (Å²) in [5, 5.41) is 3.01. The second-order valence-corrected chi connectivity index (χ2v) is 6.04. The second kappa shape index (κ2) is 5.95. The third kappa shape index (κ3) is 3.19. The lowest BCUT2D eigenvalue weighted by atomic mass is 9.98. The van der Waals surface area contributed by atoms with Crippen LogP contribution in [0.5, 0.6) is 0 Å². The zero-order chi connectivity index (χ0) is 12.5. The number of halogens is 1. The first kappa shape index (κ1) is 15.3. The lowest BCUT2D eigenvalue weighted by molar-refractivity contribution is -0.123. The molecule has 1 aromatic rings. The number of hydrogen-bond donors (Lipinski definition) is 2. The Morgan fingerprint density at radius 1 is 1.50 bits per heavy atom. The number of nitrogens with one attached hydrogen (secondary N) is 1. The standard InChI is InChI=1S/C13H18N2OS.ClH/c1-13(2,8-14)15-12(16)10-7-17-11-6-4-3-5-9(10)11;/h3-6,10H,7-8,14H2,1-2H3,(H,15,16);1H. The zero-order valence-electron chi connectivity index (χ0n) is 10.6. The molecule has 0 fully saturated rings. The molecule has 1 amide bonds. The van der Waals surface area contributed by atoms with Gasteiger partial charge in [-0.3, -0.25) is 4.79 Å². The van der Waals surface area contributed by atoms with Gasteiger partial charge in [0.25, 0.3) is 0 Å². The Morgan fingerprint density at radius 2 is 2.17 bits per heavy atom.